The van der Waals surface area contributed by atoms with Crippen molar-refractivity contribution in [1.29, 1.82) is 0 Å². The third kappa shape index (κ3) is 4.24. The Kier molecular flexibility index (Phi) is 6.69. The fourth-order valence-corrected chi connectivity index (χ4v) is 5.98. The van der Waals surface area contributed by atoms with Crippen molar-refractivity contribution in [3.05, 3.63) is 84.5 Å². The van der Waals surface area contributed by atoms with Crippen molar-refractivity contribution in [2.24, 2.45) is 4.99 Å². The average Bonchev–Trinajstić information content (AvgIpc) is 3.35. The first kappa shape index (κ1) is 26.1. The van der Waals surface area contributed by atoms with E-state index in [1.54, 1.807) is 39.1 Å². The van der Waals surface area contributed by atoms with E-state index in [1.807, 2.05) is 18.2 Å². The lowest BCUT2D eigenvalue weighted by molar-refractivity contribution is -0.139. The van der Waals surface area contributed by atoms with Gasteiger partial charge in [0.2, 0.25) is 0 Å². The first-order valence-electron chi connectivity index (χ1n) is 12.1. The number of carbonyl (C=O) groups is 3. The molecule has 2 aliphatic rings. The number of esters is 2. The second-order valence-electron chi connectivity index (χ2n) is 8.88. The van der Waals surface area contributed by atoms with Crippen LogP contribution in [0.3, 0.4) is 0 Å². The Bertz CT molecular complexity index is 1770. The number of ether oxygens (including phenoxy) is 3. The van der Waals surface area contributed by atoms with E-state index in [2.05, 4.69) is 4.99 Å². The number of para-hydroxylation sites is 1. The Morgan fingerprint density at radius 3 is 2.54 bits per heavy atom. The molecule has 2 aromatic carbocycles. The van der Waals surface area contributed by atoms with Crippen LogP contribution in [0.5, 0.6) is 11.5 Å². The molecule has 0 N–H and O–H groups in total. The van der Waals surface area contributed by atoms with Crippen molar-refractivity contribution in [3.63, 3.8) is 0 Å². The summed E-state index contributed by atoms with van der Waals surface area (Å²) in [6.45, 7) is 4.77. The molecular formula is C28H25N3O7S. The van der Waals surface area contributed by atoms with Crippen molar-refractivity contribution in [1.82, 2.24) is 4.57 Å². The van der Waals surface area contributed by atoms with Gasteiger partial charge >= 0.3 is 11.9 Å². The van der Waals surface area contributed by atoms with E-state index in [-0.39, 0.29) is 39.7 Å². The topological polar surface area (TPSA) is 117 Å². The van der Waals surface area contributed by atoms with Crippen LogP contribution >= 0.6 is 11.3 Å². The zero-order valence-electron chi connectivity index (χ0n) is 21.9. The number of carbonyl (C=O) groups excluding carboxylic acids is 3. The lowest BCUT2D eigenvalue weighted by atomic mass is 9.95. The van der Waals surface area contributed by atoms with Crippen molar-refractivity contribution in [3.8, 4) is 11.5 Å². The van der Waals surface area contributed by atoms with Gasteiger partial charge in [0.15, 0.2) is 16.3 Å². The van der Waals surface area contributed by atoms with E-state index >= 15 is 0 Å². The molecule has 1 aromatic heterocycles. The highest BCUT2D eigenvalue weighted by Crippen LogP contribution is 2.37. The minimum absolute atomic E-state index is 0.128. The van der Waals surface area contributed by atoms with Gasteiger partial charge in [0.05, 0.1) is 42.3 Å². The van der Waals surface area contributed by atoms with Crippen LogP contribution in [0.4, 0.5) is 5.69 Å². The third-order valence-electron chi connectivity index (χ3n) is 6.53. The zero-order chi connectivity index (χ0) is 28.0. The SMILES string of the molecule is CCOC(=O)C1=C(C)N=c2s/c(=C3\C(=O)N(C)c4ccccc43)c(=O)n2C1c1ccc(OC(C)=O)c(OC)c1. The Hall–Kier alpha value is -4.51. The maximum Gasteiger partial charge on any atom is 0.338 e. The number of aromatic nitrogens is 1. The van der Waals surface area contributed by atoms with Crippen LogP contribution in [0, 0.1) is 0 Å². The van der Waals surface area contributed by atoms with Gasteiger partial charge in [-0.15, -0.1) is 0 Å². The van der Waals surface area contributed by atoms with Crippen LogP contribution in [0.15, 0.2) is 63.5 Å². The van der Waals surface area contributed by atoms with Gasteiger partial charge in [-0.2, -0.15) is 0 Å². The number of thiazole rings is 1. The Morgan fingerprint density at radius 2 is 1.85 bits per heavy atom. The number of rotatable bonds is 5. The summed E-state index contributed by atoms with van der Waals surface area (Å²) < 4.78 is 17.6. The highest BCUT2D eigenvalue weighted by atomic mass is 32.1. The average molecular weight is 548 g/mol. The zero-order valence-corrected chi connectivity index (χ0v) is 22.8. The first-order valence-corrected chi connectivity index (χ1v) is 13.0. The molecule has 200 valence electrons. The summed E-state index contributed by atoms with van der Waals surface area (Å²) in [7, 11) is 3.08. The lowest BCUT2D eigenvalue weighted by Crippen LogP contribution is -2.40. The van der Waals surface area contributed by atoms with E-state index < -0.39 is 23.5 Å². The van der Waals surface area contributed by atoms with Gasteiger partial charge in [-0.25, -0.2) is 9.79 Å². The summed E-state index contributed by atoms with van der Waals surface area (Å²) in [6, 6.07) is 11.1. The van der Waals surface area contributed by atoms with Gasteiger partial charge in [0.1, 0.15) is 4.53 Å². The number of hydrogen-bond acceptors (Lipinski definition) is 9. The molecule has 11 heteroatoms. The van der Waals surface area contributed by atoms with Gasteiger partial charge in [-0.1, -0.05) is 35.6 Å². The predicted molar refractivity (Wildman–Crippen MR) is 143 cm³/mol. The lowest BCUT2D eigenvalue weighted by Gasteiger charge is -2.25. The first-order chi connectivity index (χ1) is 18.7. The van der Waals surface area contributed by atoms with Gasteiger partial charge in [0, 0.05) is 19.5 Å². The summed E-state index contributed by atoms with van der Waals surface area (Å²) in [5, 5.41) is 0. The smallest absolute Gasteiger partial charge is 0.338 e. The number of anilines is 1. The van der Waals surface area contributed by atoms with Gasteiger partial charge < -0.3 is 19.1 Å². The molecule has 0 bridgehead atoms. The van der Waals surface area contributed by atoms with Crippen molar-refractivity contribution < 1.29 is 28.6 Å². The summed E-state index contributed by atoms with van der Waals surface area (Å²) in [5.74, 6) is -1.01. The number of amides is 1. The van der Waals surface area contributed by atoms with Crippen LogP contribution in [0.1, 0.15) is 37.9 Å². The number of methoxy groups -OCH3 is 1. The fraction of sp³-hybridized carbons (Fsp3) is 0.250. The van der Waals surface area contributed by atoms with Crippen LogP contribution in [0.2, 0.25) is 0 Å². The molecule has 1 atom stereocenters. The number of hydrogen-bond donors (Lipinski definition) is 0. The molecule has 5 rings (SSSR count). The second-order valence-corrected chi connectivity index (χ2v) is 9.86. The monoisotopic (exact) mass is 547 g/mol. The molecule has 0 radical (unpaired) electrons. The van der Waals surface area contributed by atoms with Crippen LogP contribution in [0.25, 0.3) is 5.57 Å². The highest BCUT2D eigenvalue weighted by Gasteiger charge is 2.36. The maximum atomic E-state index is 14.1. The van der Waals surface area contributed by atoms with Gasteiger partial charge in [0.25, 0.3) is 11.5 Å². The van der Waals surface area contributed by atoms with E-state index in [0.717, 1.165) is 11.3 Å². The normalized spacial score (nSPS) is 17.4. The molecular weight excluding hydrogens is 522 g/mol. The molecule has 0 spiro atoms. The van der Waals surface area contributed by atoms with Gasteiger partial charge in [-0.05, 0) is 37.6 Å². The Balaban J connectivity index is 1.80. The predicted octanol–water partition coefficient (Wildman–Crippen LogP) is 2.08. The molecule has 0 saturated carbocycles. The summed E-state index contributed by atoms with van der Waals surface area (Å²) in [6.07, 6.45) is 0. The largest absolute Gasteiger partial charge is 0.493 e. The molecule has 3 heterocycles. The second kappa shape index (κ2) is 9.99. The highest BCUT2D eigenvalue weighted by molar-refractivity contribution is 7.07. The minimum Gasteiger partial charge on any atom is -0.493 e. The standard InChI is InChI=1S/C28H25N3O7S/c1-6-37-27(35)21-14(2)29-28-31(23(21)16-11-12-19(38-15(3)32)20(13-16)36-5)26(34)24(39-28)22-17-9-7-8-10-18(17)30(4)25(22)33/h7-13,23H,6H2,1-5H3/b24-22-. The quantitative estimate of drug-likeness (QED) is 0.355. The van der Waals surface area contributed by atoms with Crippen LogP contribution in [-0.4, -0.2) is 43.2 Å². The van der Waals surface area contributed by atoms with Gasteiger partial charge in [-0.3, -0.25) is 19.0 Å². The molecule has 1 unspecified atom stereocenters. The molecule has 0 aliphatic carbocycles. The minimum atomic E-state index is -0.931. The molecule has 10 nitrogen and oxygen atoms in total. The fourth-order valence-electron chi connectivity index (χ4n) is 4.84. The van der Waals surface area contributed by atoms with Crippen LogP contribution in [-0.2, 0) is 19.1 Å². The number of allylic oxidation sites excluding steroid dienone is 1. The molecule has 39 heavy (non-hydrogen) atoms. The number of nitrogens with zero attached hydrogens (tertiary/aromatic N) is 3. The van der Waals surface area contributed by atoms with Crippen molar-refractivity contribution in [2.45, 2.75) is 26.8 Å². The molecule has 1 amide bonds. The van der Waals surface area contributed by atoms with E-state index in [9.17, 15) is 19.2 Å². The number of fused-ring (bicyclic) bond motifs is 2. The van der Waals surface area contributed by atoms with E-state index in [1.165, 1.54) is 29.6 Å². The number of benzene rings is 2. The number of likely N-dealkylation sites (N-methyl/N-ethyl adjacent to an activating group) is 1. The summed E-state index contributed by atoms with van der Waals surface area (Å²) in [5.41, 5.74) is 2.25. The third-order valence-corrected chi connectivity index (χ3v) is 7.58. The Morgan fingerprint density at radius 1 is 1.10 bits per heavy atom. The maximum absolute atomic E-state index is 14.1. The van der Waals surface area contributed by atoms with Crippen molar-refractivity contribution in [2.75, 3.05) is 25.7 Å². The van der Waals surface area contributed by atoms with E-state index in [4.69, 9.17) is 14.2 Å². The van der Waals surface area contributed by atoms with Crippen molar-refractivity contribution >= 4 is 40.4 Å². The van der Waals surface area contributed by atoms with E-state index in [0.29, 0.717) is 27.3 Å². The van der Waals surface area contributed by atoms with Crippen LogP contribution < -0.4 is 29.3 Å². The molecule has 2 aliphatic heterocycles. The summed E-state index contributed by atoms with van der Waals surface area (Å²) >= 11 is 1.09. The summed E-state index contributed by atoms with van der Waals surface area (Å²) in [4.78, 5) is 58.5. The molecule has 0 fully saturated rings. The Labute approximate surface area is 227 Å². The molecule has 3 aromatic rings. The molecule has 0 saturated heterocycles.